The lowest BCUT2D eigenvalue weighted by Gasteiger charge is -2.06. The van der Waals surface area contributed by atoms with Crippen LogP contribution in [0.15, 0.2) is 67.0 Å². The minimum atomic E-state index is 0.745. The van der Waals surface area contributed by atoms with Gasteiger partial charge in [0.15, 0.2) is 0 Å². The molecule has 0 aliphatic rings. The first kappa shape index (κ1) is 11.5. The third-order valence-electron chi connectivity index (χ3n) is 2.75. The monoisotopic (exact) mass is 249 g/mol. The van der Waals surface area contributed by atoms with E-state index in [1.165, 1.54) is 5.56 Å². The van der Waals surface area contributed by atoms with Gasteiger partial charge in [0.2, 0.25) is 0 Å². The van der Waals surface area contributed by atoms with E-state index in [0.717, 1.165) is 18.0 Å². The zero-order valence-electron chi connectivity index (χ0n) is 10.4. The molecule has 19 heavy (non-hydrogen) atoms. The summed E-state index contributed by atoms with van der Waals surface area (Å²) >= 11 is 0. The summed E-state index contributed by atoms with van der Waals surface area (Å²) in [5, 5.41) is 4.13. The fourth-order valence-corrected chi connectivity index (χ4v) is 1.82. The number of ether oxygens (including phenoxy) is 1. The van der Waals surface area contributed by atoms with E-state index in [1.54, 1.807) is 6.20 Å². The summed E-state index contributed by atoms with van der Waals surface area (Å²) in [6.45, 7) is 0.745. The molecule has 0 aliphatic heterocycles. The Labute approximate surface area is 112 Å². The lowest BCUT2D eigenvalue weighted by molar-refractivity contribution is 0.482. The predicted molar refractivity (Wildman–Crippen MR) is 73.1 cm³/mol. The van der Waals surface area contributed by atoms with Gasteiger partial charge in [-0.25, -0.2) is 0 Å². The Morgan fingerprint density at radius 2 is 1.68 bits per heavy atom. The molecule has 3 heteroatoms. The molecule has 0 aliphatic carbocycles. The molecule has 0 atom stereocenters. The van der Waals surface area contributed by atoms with Gasteiger partial charge in [0.05, 0.1) is 12.7 Å². The number of hydrogen-bond acceptors (Lipinski definition) is 2. The van der Waals surface area contributed by atoms with Crippen molar-refractivity contribution in [2.45, 2.75) is 6.54 Å². The lowest BCUT2D eigenvalue weighted by atomic mass is 10.2. The van der Waals surface area contributed by atoms with E-state index in [9.17, 15) is 0 Å². The summed E-state index contributed by atoms with van der Waals surface area (Å²) < 4.78 is 7.58. The Bertz CT molecular complexity index is 616. The van der Waals surface area contributed by atoms with Gasteiger partial charge in [0.1, 0.15) is 11.5 Å². The average Bonchev–Trinajstić information content (AvgIpc) is 2.95. The maximum Gasteiger partial charge on any atom is 0.127 e. The van der Waals surface area contributed by atoms with E-state index in [2.05, 4.69) is 11.2 Å². The zero-order valence-corrected chi connectivity index (χ0v) is 10.4. The van der Waals surface area contributed by atoms with Crippen LogP contribution in [0.4, 0.5) is 0 Å². The van der Waals surface area contributed by atoms with Crippen molar-refractivity contribution >= 4 is 0 Å². The van der Waals surface area contributed by atoms with E-state index in [4.69, 9.17) is 4.74 Å². The molecule has 0 fully saturated rings. The number of rotatable bonds is 4. The van der Waals surface area contributed by atoms with Crippen molar-refractivity contribution in [2.75, 3.05) is 0 Å². The molecular weight excluding hydrogens is 236 g/mol. The van der Waals surface area contributed by atoms with Crippen LogP contribution in [-0.4, -0.2) is 9.78 Å². The van der Waals surface area contributed by atoms with E-state index in [0.29, 0.717) is 0 Å². The molecule has 3 aromatic rings. The third-order valence-corrected chi connectivity index (χ3v) is 2.75. The van der Waals surface area contributed by atoms with Crippen molar-refractivity contribution in [3.8, 4) is 11.5 Å². The van der Waals surface area contributed by atoms with Gasteiger partial charge in [0.25, 0.3) is 0 Å². The van der Waals surface area contributed by atoms with Crippen molar-refractivity contribution in [1.82, 2.24) is 9.78 Å². The van der Waals surface area contributed by atoms with Crippen LogP contribution < -0.4 is 4.74 Å². The van der Waals surface area contributed by atoms with Gasteiger partial charge in [-0.2, -0.15) is 5.10 Å². The SMILES string of the molecule is [c]1cnn(Cc2ccc(Oc3ccccc3)cc2)c1. The summed E-state index contributed by atoms with van der Waals surface area (Å²) in [6, 6.07) is 20.7. The molecule has 3 nitrogen and oxygen atoms in total. The van der Waals surface area contributed by atoms with Crippen molar-refractivity contribution < 1.29 is 4.74 Å². The van der Waals surface area contributed by atoms with E-state index in [-0.39, 0.29) is 0 Å². The maximum absolute atomic E-state index is 5.74. The lowest BCUT2D eigenvalue weighted by Crippen LogP contribution is -1.99. The van der Waals surface area contributed by atoms with Gasteiger partial charge in [-0.05, 0) is 29.8 Å². The minimum absolute atomic E-state index is 0.745. The molecule has 0 unspecified atom stereocenters. The summed E-state index contributed by atoms with van der Waals surface area (Å²) in [4.78, 5) is 0. The molecule has 93 valence electrons. The van der Waals surface area contributed by atoms with Crippen LogP contribution in [-0.2, 0) is 6.54 Å². The first-order valence-electron chi connectivity index (χ1n) is 6.10. The smallest absolute Gasteiger partial charge is 0.127 e. The molecule has 0 saturated carbocycles. The third kappa shape index (κ3) is 3.01. The standard InChI is InChI=1S/C16H13N2O/c1-2-5-15(6-3-1)19-16-9-7-14(8-10-16)13-18-12-4-11-17-18/h1-3,5-12H,13H2. The van der Waals surface area contributed by atoms with Crippen molar-refractivity contribution in [3.05, 3.63) is 78.6 Å². The molecular formula is C16H13N2O. The van der Waals surface area contributed by atoms with Gasteiger partial charge < -0.3 is 4.74 Å². The highest BCUT2D eigenvalue weighted by Crippen LogP contribution is 2.21. The van der Waals surface area contributed by atoms with Crippen molar-refractivity contribution in [1.29, 1.82) is 0 Å². The molecule has 3 rings (SSSR count). The average molecular weight is 249 g/mol. The normalized spacial score (nSPS) is 10.3. The number of para-hydroxylation sites is 1. The van der Waals surface area contributed by atoms with Crippen LogP contribution in [0.25, 0.3) is 0 Å². The first-order chi connectivity index (χ1) is 9.40. The highest BCUT2D eigenvalue weighted by atomic mass is 16.5. The molecule has 0 saturated heterocycles. The van der Waals surface area contributed by atoms with E-state index >= 15 is 0 Å². The second-order valence-corrected chi connectivity index (χ2v) is 4.20. The van der Waals surface area contributed by atoms with Crippen LogP contribution in [0.5, 0.6) is 11.5 Å². The van der Waals surface area contributed by atoms with Crippen molar-refractivity contribution in [2.24, 2.45) is 0 Å². The molecule has 0 spiro atoms. The van der Waals surface area contributed by atoms with Crippen LogP contribution in [0.2, 0.25) is 0 Å². The Hall–Kier alpha value is -2.55. The van der Waals surface area contributed by atoms with Crippen LogP contribution in [0.3, 0.4) is 0 Å². The number of hydrogen-bond donors (Lipinski definition) is 0. The van der Waals surface area contributed by atoms with Crippen molar-refractivity contribution in [3.63, 3.8) is 0 Å². The molecule has 0 N–H and O–H groups in total. The van der Waals surface area contributed by atoms with Gasteiger partial charge in [0, 0.05) is 12.3 Å². The van der Waals surface area contributed by atoms with E-state index < -0.39 is 0 Å². The van der Waals surface area contributed by atoms with Crippen LogP contribution >= 0.6 is 0 Å². The second kappa shape index (κ2) is 5.40. The zero-order chi connectivity index (χ0) is 12.9. The van der Waals surface area contributed by atoms with Gasteiger partial charge in [-0.15, -0.1) is 0 Å². The largest absolute Gasteiger partial charge is 0.457 e. The maximum atomic E-state index is 5.74. The Morgan fingerprint density at radius 1 is 0.947 bits per heavy atom. The summed E-state index contributed by atoms with van der Waals surface area (Å²) in [5.41, 5.74) is 1.18. The topological polar surface area (TPSA) is 27.1 Å². The van der Waals surface area contributed by atoms with Crippen LogP contribution in [0.1, 0.15) is 5.56 Å². The first-order valence-corrected chi connectivity index (χ1v) is 6.10. The number of aromatic nitrogens is 2. The molecule has 1 heterocycles. The van der Waals surface area contributed by atoms with Crippen LogP contribution in [0, 0.1) is 6.07 Å². The number of benzene rings is 2. The summed E-state index contributed by atoms with van der Waals surface area (Å²) in [6.07, 6.45) is 3.49. The molecule has 0 bridgehead atoms. The molecule has 1 aromatic heterocycles. The van der Waals surface area contributed by atoms with Gasteiger partial charge in [-0.3, -0.25) is 4.68 Å². The van der Waals surface area contributed by atoms with Gasteiger partial charge in [-0.1, -0.05) is 30.3 Å². The summed E-state index contributed by atoms with van der Waals surface area (Å²) in [7, 11) is 0. The number of nitrogens with zero attached hydrogens (tertiary/aromatic N) is 2. The Kier molecular flexibility index (Phi) is 3.28. The molecule has 2 aromatic carbocycles. The highest BCUT2D eigenvalue weighted by Gasteiger charge is 1.98. The Balaban J connectivity index is 1.69. The molecule has 1 radical (unpaired) electrons. The highest BCUT2D eigenvalue weighted by molar-refractivity contribution is 5.32. The predicted octanol–water partition coefficient (Wildman–Crippen LogP) is 3.52. The molecule has 0 amide bonds. The quantitative estimate of drug-likeness (QED) is 0.707. The Morgan fingerprint density at radius 3 is 2.37 bits per heavy atom. The second-order valence-electron chi connectivity index (χ2n) is 4.20. The minimum Gasteiger partial charge on any atom is -0.457 e. The van der Waals surface area contributed by atoms with E-state index in [1.807, 2.05) is 65.5 Å². The summed E-state index contributed by atoms with van der Waals surface area (Å²) in [5.74, 6) is 1.68. The fraction of sp³-hybridized carbons (Fsp3) is 0.0625. The fourth-order valence-electron chi connectivity index (χ4n) is 1.82. The van der Waals surface area contributed by atoms with Gasteiger partial charge >= 0.3 is 0 Å².